The molecule has 1 aromatic carbocycles. The fourth-order valence-electron chi connectivity index (χ4n) is 2.68. The van der Waals surface area contributed by atoms with Crippen LogP contribution in [0, 0.1) is 0 Å². The number of hydrogen-bond acceptors (Lipinski definition) is 6. The summed E-state index contributed by atoms with van der Waals surface area (Å²) < 4.78 is 0. The Kier molecular flexibility index (Phi) is 4.31. The number of rotatable bonds is 3. The minimum atomic E-state index is -0.837. The Morgan fingerprint density at radius 1 is 1.35 bits per heavy atom. The highest BCUT2D eigenvalue weighted by Gasteiger charge is 2.28. The molecule has 0 spiro atoms. The molecule has 1 fully saturated rings. The van der Waals surface area contributed by atoms with Gasteiger partial charge >= 0.3 is 5.97 Å². The summed E-state index contributed by atoms with van der Waals surface area (Å²) >= 11 is 5.86. The Balaban J connectivity index is 1.89. The Labute approximate surface area is 138 Å². The van der Waals surface area contributed by atoms with Crippen LogP contribution in [0.1, 0.15) is 0 Å². The molecule has 23 heavy (non-hydrogen) atoms. The number of halogens is 1. The van der Waals surface area contributed by atoms with Crippen LogP contribution in [0.5, 0.6) is 0 Å². The van der Waals surface area contributed by atoms with Gasteiger partial charge in [0.2, 0.25) is 0 Å². The van der Waals surface area contributed by atoms with Crippen molar-refractivity contribution in [2.24, 2.45) is 0 Å². The summed E-state index contributed by atoms with van der Waals surface area (Å²) in [6, 6.07) is 8.59. The minimum absolute atomic E-state index is 0.270. The van der Waals surface area contributed by atoms with Crippen LogP contribution < -0.4 is 16.0 Å². The van der Waals surface area contributed by atoms with Crippen molar-refractivity contribution < 1.29 is 9.90 Å². The second-order valence-electron chi connectivity index (χ2n) is 5.26. The lowest BCUT2D eigenvalue weighted by Crippen LogP contribution is -2.55. The van der Waals surface area contributed by atoms with Gasteiger partial charge in [0.1, 0.15) is 6.04 Å². The van der Waals surface area contributed by atoms with E-state index >= 15 is 0 Å². The van der Waals surface area contributed by atoms with Crippen LogP contribution in [0.15, 0.2) is 30.3 Å². The van der Waals surface area contributed by atoms with Crippen molar-refractivity contribution in [2.75, 3.05) is 30.3 Å². The lowest BCUT2D eigenvalue weighted by atomic mass is 10.1. The Bertz CT molecular complexity index is 722. The first-order valence-electron chi connectivity index (χ1n) is 7.15. The summed E-state index contributed by atoms with van der Waals surface area (Å²) in [7, 11) is 0. The van der Waals surface area contributed by atoms with Crippen molar-refractivity contribution >= 4 is 29.1 Å². The van der Waals surface area contributed by atoms with E-state index in [1.165, 1.54) is 0 Å². The van der Waals surface area contributed by atoms with Gasteiger partial charge in [-0.1, -0.05) is 23.7 Å². The maximum absolute atomic E-state index is 11.4. The van der Waals surface area contributed by atoms with Crippen molar-refractivity contribution in [3.8, 4) is 11.1 Å². The monoisotopic (exact) mass is 333 g/mol. The number of aliphatic carboxylic acids is 1. The van der Waals surface area contributed by atoms with E-state index < -0.39 is 12.0 Å². The van der Waals surface area contributed by atoms with Gasteiger partial charge in [-0.2, -0.15) is 0 Å². The highest BCUT2D eigenvalue weighted by atomic mass is 35.5. The zero-order valence-electron chi connectivity index (χ0n) is 12.2. The Morgan fingerprint density at radius 3 is 2.78 bits per heavy atom. The number of aromatic nitrogens is 2. The number of carboxylic acid groups (broad SMARTS) is 1. The second kappa shape index (κ2) is 6.39. The van der Waals surface area contributed by atoms with Gasteiger partial charge in [0, 0.05) is 30.9 Å². The number of nitrogens with one attached hydrogen (secondary N) is 1. The highest BCUT2D eigenvalue weighted by Crippen LogP contribution is 2.28. The molecule has 2 heterocycles. The fourth-order valence-corrected chi connectivity index (χ4v) is 2.82. The molecule has 1 aromatic heterocycles. The van der Waals surface area contributed by atoms with Crippen LogP contribution in [0.3, 0.4) is 0 Å². The maximum atomic E-state index is 11.4. The van der Waals surface area contributed by atoms with E-state index in [-0.39, 0.29) is 5.15 Å². The third-order valence-electron chi connectivity index (χ3n) is 3.83. The number of piperazine rings is 1. The molecular weight excluding hydrogens is 318 g/mol. The number of nitrogen functional groups attached to an aromatic ring is 1. The molecular formula is C15H16ClN5O2. The second-order valence-corrected chi connectivity index (χ2v) is 5.65. The van der Waals surface area contributed by atoms with Gasteiger partial charge in [-0.25, -0.2) is 4.79 Å². The van der Waals surface area contributed by atoms with Gasteiger partial charge in [-0.3, -0.25) is 0 Å². The van der Waals surface area contributed by atoms with Crippen LogP contribution >= 0.6 is 11.6 Å². The molecule has 8 heteroatoms. The molecule has 1 saturated heterocycles. The van der Waals surface area contributed by atoms with Gasteiger partial charge in [-0.05, 0) is 23.8 Å². The van der Waals surface area contributed by atoms with Crippen molar-refractivity contribution in [2.45, 2.75) is 6.04 Å². The summed E-state index contributed by atoms with van der Waals surface area (Å²) in [5, 5.41) is 20.2. The van der Waals surface area contributed by atoms with Gasteiger partial charge in [0.05, 0.1) is 0 Å². The molecule has 0 amide bonds. The van der Waals surface area contributed by atoms with Gasteiger partial charge in [0.15, 0.2) is 11.0 Å². The molecule has 1 aliphatic rings. The predicted octanol–water partition coefficient (Wildman–Crippen LogP) is 1.24. The number of anilines is 2. The smallest absolute Gasteiger partial charge is 0.327 e. The van der Waals surface area contributed by atoms with Crippen molar-refractivity contribution in [3.63, 3.8) is 0 Å². The molecule has 1 aliphatic heterocycles. The number of nitrogens with two attached hydrogens (primary N) is 1. The summed E-state index contributed by atoms with van der Waals surface area (Å²) in [5.74, 6) is -0.539. The fraction of sp³-hybridized carbons (Fsp3) is 0.267. The van der Waals surface area contributed by atoms with E-state index in [9.17, 15) is 9.90 Å². The highest BCUT2D eigenvalue weighted by molar-refractivity contribution is 6.29. The van der Waals surface area contributed by atoms with Crippen molar-refractivity contribution in [1.29, 1.82) is 0 Å². The lowest BCUT2D eigenvalue weighted by molar-refractivity contribution is -0.138. The normalized spacial score (nSPS) is 18.0. The molecule has 4 N–H and O–H groups in total. The summed E-state index contributed by atoms with van der Waals surface area (Å²) in [6.45, 7) is 1.82. The first-order chi connectivity index (χ1) is 11.1. The topological polar surface area (TPSA) is 104 Å². The minimum Gasteiger partial charge on any atom is -0.480 e. The third-order valence-corrected chi connectivity index (χ3v) is 4.02. The number of hydrogen-bond donors (Lipinski definition) is 3. The van der Waals surface area contributed by atoms with E-state index in [2.05, 4.69) is 15.5 Å². The Morgan fingerprint density at radius 2 is 2.09 bits per heavy atom. The number of carboxylic acids is 1. The third kappa shape index (κ3) is 3.20. The zero-order valence-corrected chi connectivity index (χ0v) is 13.0. The van der Waals surface area contributed by atoms with E-state index in [0.717, 1.165) is 17.8 Å². The van der Waals surface area contributed by atoms with Crippen molar-refractivity contribution in [1.82, 2.24) is 15.5 Å². The molecule has 0 bridgehead atoms. The molecule has 0 aliphatic carbocycles. The standard InChI is InChI=1S/C15H16ClN5O2/c16-13-7-11(14(17)20-19-13)9-1-3-10(4-2-9)21-6-5-18-8-12(21)15(22)23/h1-4,7,12,18H,5-6,8H2,(H2,17,20)(H,22,23). The number of nitrogens with zero attached hydrogens (tertiary/aromatic N) is 3. The lowest BCUT2D eigenvalue weighted by Gasteiger charge is -2.35. The van der Waals surface area contributed by atoms with Gasteiger partial charge in [-0.15, -0.1) is 10.2 Å². The summed E-state index contributed by atoms with van der Waals surface area (Å²) in [5.41, 5.74) is 8.24. The van der Waals surface area contributed by atoms with Crippen LogP contribution in [-0.4, -0.2) is 46.9 Å². The first-order valence-corrected chi connectivity index (χ1v) is 7.53. The van der Waals surface area contributed by atoms with E-state index in [0.29, 0.717) is 24.5 Å². The van der Waals surface area contributed by atoms with Crippen molar-refractivity contribution in [3.05, 3.63) is 35.5 Å². The molecule has 120 valence electrons. The zero-order chi connectivity index (χ0) is 16.4. The van der Waals surface area contributed by atoms with E-state index in [1.54, 1.807) is 6.07 Å². The van der Waals surface area contributed by atoms with Crippen LogP contribution in [0.2, 0.25) is 5.15 Å². The number of benzene rings is 1. The van der Waals surface area contributed by atoms with E-state index in [4.69, 9.17) is 17.3 Å². The van der Waals surface area contributed by atoms with Crippen LogP contribution in [0.25, 0.3) is 11.1 Å². The maximum Gasteiger partial charge on any atom is 0.327 e. The molecule has 1 atom stereocenters. The average molecular weight is 334 g/mol. The quantitative estimate of drug-likeness (QED) is 0.776. The average Bonchev–Trinajstić information content (AvgIpc) is 2.57. The van der Waals surface area contributed by atoms with Crippen LogP contribution in [-0.2, 0) is 4.79 Å². The molecule has 7 nitrogen and oxygen atoms in total. The SMILES string of the molecule is Nc1nnc(Cl)cc1-c1ccc(N2CCNCC2C(=O)O)cc1. The predicted molar refractivity (Wildman–Crippen MR) is 88.5 cm³/mol. The molecule has 2 aromatic rings. The Hall–Kier alpha value is -2.38. The molecule has 1 unspecified atom stereocenters. The van der Waals surface area contributed by atoms with Crippen LogP contribution in [0.4, 0.5) is 11.5 Å². The first kappa shape index (κ1) is 15.5. The molecule has 3 rings (SSSR count). The summed E-state index contributed by atoms with van der Waals surface area (Å²) in [4.78, 5) is 13.3. The van der Waals surface area contributed by atoms with Gasteiger partial charge in [0.25, 0.3) is 0 Å². The molecule has 0 saturated carbocycles. The number of carbonyl (C=O) groups is 1. The van der Waals surface area contributed by atoms with Gasteiger partial charge < -0.3 is 21.1 Å². The largest absolute Gasteiger partial charge is 0.480 e. The summed E-state index contributed by atoms with van der Waals surface area (Å²) in [6.07, 6.45) is 0. The molecule has 0 radical (unpaired) electrons. The van der Waals surface area contributed by atoms with E-state index in [1.807, 2.05) is 29.2 Å².